The van der Waals surface area contributed by atoms with Gasteiger partial charge in [-0.3, -0.25) is 19.3 Å². The zero-order chi connectivity index (χ0) is 52.0. The number of hydrogen-bond donors (Lipinski definition) is 2. The number of fused-ring (bicyclic) bond motifs is 4. The molecule has 11 rings (SSSR count). The number of phenols is 1. The second kappa shape index (κ2) is 19.9. The Morgan fingerprint density at radius 1 is 0.693 bits per heavy atom. The Labute approximate surface area is 435 Å². The predicted molar refractivity (Wildman–Crippen MR) is 281 cm³/mol. The van der Waals surface area contributed by atoms with E-state index in [1.807, 2.05) is 139 Å². The molecule has 2 N–H and O–H groups in total. The molecule has 2 fully saturated rings. The molecule has 7 aromatic rings. The molecule has 0 aliphatic carbocycles. The van der Waals surface area contributed by atoms with Crippen LogP contribution < -0.4 is 24.4 Å². The van der Waals surface area contributed by atoms with E-state index < -0.39 is 65.4 Å². The average molecular weight is 999 g/mol. The zero-order valence-electron chi connectivity index (χ0n) is 41.8. The topological polar surface area (TPSA) is 147 Å². The summed E-state index contributed by atoms with van der Waals surface area (Å²) in [5.74, 6) is 4.85. The van der Waals surface area contributed by atoms with Gasteiger partial charge >= 0.3 is 12.0 Å². The van der Waals surface area contributed by atoms with Gasteiger partial charge in [0.25, 0.3) is 0 Å². The molecule has 376 valence electrons. The van der Waals surface area contributed by atoms with Crippen molar-refractivity contribution < 1.29 is 43.2 Å². The van der Waals surface area contributed by atoms with Crippen molar-refractivity contribution in [1.82, 2.24) is 15.1 Å². The summed E-state index contributed by atoms with van der Waals surface area (Å²) < 4.78 is 23.5. The number of urea groups is 1. The van der Waals surface area contributed by atoms with Crippen LogP contribution in [0, 0.1) is 17.8 Å². The summed E-state index contributed by atoms with van der Waals surface area (Å²) in [5.41, 5.74) is 4.31. The molecule has 7 aromatic carbocycles. The van der Waals surface area contributed by atoms with Crippen LogP contribution in [-0.2, 0) is 37.5 Å². The SMILES string of the molecule is COc1ccc(C#Cc2ccc3c(c2)C2(C(=O)N3C(=O)NC(C)c3ccccc3)C(C(=O)N3CCc4cc(OC)c(OC)cc4C3)C3C(=O)OC(c4ccccc4)C(c4ccccc4)N3C2c2ccc(O)cc2)cc1. The third kappa shape index (κ3) is 8.37. The molecule has 7 atom stereocenters. The second-order valence-corrected chi connectivity index (χ2v) is 19.3. The monoisotopic (exact) mass is 998 g/mol. The number of aromatic hydroxyl groups is 1. The maximum absolute atomic E-state index is 16.9. The molecule has 4 aliphatic heterocycles. The van der Waals surface area contributed by atoms with Crippen molar-refractivity contribution >= 4 is 29.5 Å². The van der Waals surface area contributed by atoms with E-state index in [-0.39, 0.29) is 24.5 Å². The van der Waals surface area contributed by atoms with Gasteiger partial charge in [-0.2, -0.15) is 0 Å². The third-order valence-electron chi connectivity index (χ3n) is 15.2. The largest absolute Gasteiger partial charge is 0.508 e. The van der Waals surface area contributed by atoms with Gasteiger partial charge in [-0.15, -0.1) is 0 Å². The van der Waals surface area contributed by atoms with Crippen molar-refractivity contribution in [3.63, 3.8) is 0 Å². The summed E-state index contributed by atoms with van der Waals surface area (Å²) in [5, 5.41) is 14.0. The van der Waals surface area contributed by atoms with E-state index >= 15 is 19.2 Å². The smallest absolute Gasteiger partial charge is 0.329 e. The number of methoxy groups -OCH3 is 3. The lowest BCUT2D eigenvalue weighted by atomic mass is 9.64. The van der Waals surface area contributed by atoms with E-state index in [9.17, 15) is 5.11 Å². The van der Waals surface area contributed by atoms with Crippen LogP contribution in [0.15, 0.2) is 170 Å². The predicted octanol–water partition coefficient (Wildman–Crippen LogP) is 9.54. The fraction of sp³-hybridized carbons (Fsp3) is 0.226. The number of phenolic OH excluding ortho intramolecular Hbond substituents is 1. The minimum absolute atomic E-state index is 0.0287. The van der Waals surface area contributed by atoms with Crippen LogP contribution in [0.4, 0.5) is 10.5 Å². The first kappa shape index (κ1) is 48.4. The molecule has 75 heavy (non-hydrogen) atoms. The normalized spacial score (nSPS) is 21.9. The minimum atomic E-state index is -2.03. The lowest BCUT2D eigenvalue weighted by molar-refractivity contribution is -0.179. The molecule has 0 saturated carbocycles. The molecule has 4 heterocycles. The first-order chi connectivity index (χ1) is 36.5. The van der Waals surface area contributed by atoms with E-state index in [2.05, 4.69) is 17.2 Å². The number of carbonyl (C=O) groups excluding carboxylic acids is 4. The van der Waals surface area contributed by atoms with Crippen LogP contribution in [-0.4, -0.2) is 72.6 Å². The van der Waals surface area contributed by atoms with Gasteiger partial charge in [0.15, 0.2) is 11.5 Å². The number of cyclic esters (lactones) is 1. The van der Waals surface area contributed by atoms with Crippen LogP contribution in [0.2, 0.25) is 0 Å². The minimum Gasteiger partial charge on any atom is -0.508 e. The quantitative estimate of drug-likeness (QED) is 0.106. The zero-order valence-corrected chi connectivity index (χ0v) is 41.8. The molecule has 4 amide bonds. The molecule has 0 bridgehead atoms. The highest BCUT2D eigenvalue weighted by molar-refractivity contribution is 6.24. The second-order valence-electron chi connectivity index (χ2n) is 19.3. The Kier molecular flexibility index (Phi) is 12.8. The van der Waals surface area contributed by atoms with Gasteiger partial charge in [0.05, 0.1) is 51.1 Å². The van der Waals surface area contributed by atoms with Gasteiger partial charge in [0.1, 0.15) is 29.1 Å². The number of carbonyl (C=O) groups is 4. The van der Waals surface area contributed by atoms with Crippen molar-refractivity contribution in [2.75, 3.05) is 32.8 Å². The lowest BCUT2D eigenvalue weighted by Crippen LogP contribution is -2.57. The van der Waals surface area contributed by atoms with Crippen LogP contribution in [0.3, 0.4) is 0 Å². The number of morpholine rings is 1. The maximum Gasteiger partial charge on any atom is 0.329 e. The summed E-state index contributed by atoms with van der Waals surface area (Å²) in [6, 6.07) is 46.8. The standard InChI is InChI=1S/C62H54N4O9/c1-38(41-14-8-5-9-15-41)63-61(71)65-50-31-24-40(21-20-39-22-29-48(72-2)30-23-39)34-49(50)62(60(65)70)53(58(68)64-33-32-45-35-51(73-3)52(74-4)36-46(45)37-64)55-59(69)75-56(43-18-12-7-13-19-43)54(42-16-10-6-11-17-42)66(55)57(62)44-25-27-47(67)28-26-44/h5-19,22-31,34-36,38,53-57,67H,32-33,37H2,1-4H3,(H,63,71). The Morgan fingerprint density at radius 2 is 1.31 bits per heavy atom. The Bertz CT molecular complexity index is 3380. The number of amides is 4. The molecular weight excluding hydrogens is 945 g/mol. The van der Waals surface area contributed by atoms with Crippen LogP contribution in [0.25, 0.3) is 0 Å². The number of hydrogen-bond acceptors (Lipinski definition) is 10. The van der Waals surface area contributed by atoms with E-state index in [0.717, 1.165) is 27.2 Å². The van der Waals surface area contributed by atoms with E-state index in [4.69, 9.17) is 18.9 Å². The van der Waals surface area contributed by atoms with Gasteiger partial charge in [-0.05, 0) is 119 Å². The van der Waals surface area contributed by atoms with Crippen LogP contribution in [0.5, 0.6) is 23.0 Å². The van der Waals surface area contributed by atoms with Crippen molar-refractivity contribution in [3.8, 4) is 34.8 Å². The number of imide groups is 1. The van der Waals surface area contributed by atoms with Crippen molar-refractivity contribution in [3.05, 3.63) is 220 Å². The fourth-order valence-corrected chi connectivity index (χ4v) is 11.8. The Balaban J connectivity index is 1.18. The van der Waals surface area contributed by atoms with Gasteiger partial charge in [-0.1, -0.05) is 115 Å². The highest BCUT2D eigenvalue weighted by Crippen LogP contribution is 2.66. The Hall–Kier alpha value is -8.86. The third-order valence-corrected chi connectivity index (χ3v) is 15.2. The van der Waals surface area contributed by atoms with E-state index in [1.54, 1.807) is 56.6 Å². The highest BCUT2D eigenvalue weighted by Gasteiger charge is 2.76. The van der Waals surface area contributed by atoms with Crippen LogP contribution >= 0.6 is 0 Å². The van der Waals surface area contributed by atoms with Crippen LogP contribution in [0.1, 0.15) is 81.2 Å². The lowest BCUT2D eigenvalue weighted by Gasteiger charge is -2.46. The maximum atomic E-state index is 16.9. The van der Waals surface area contributed by atoms with Gasteiger partial charge in [0.2, 0.25) is 11.8 Å². The molecule has 2 saturated heterocycles. The molecule has 4 aliphatic rings. The number of nitrogens with zero attached hydrogens (tertiary/aromatic N) is 3. The molecule has 0 aromatic heterocycles. The van der Waals surface area contributed by atoms with E-state index in [1.165, 1.54) is 12.1 Å². The Morgan fingerprint density at radius 3 is 1.96 bits per heavy atom. The fourth-order valence-electron chi connectivity index (χ4n) is 11.8. The number of esters is 1. The highest BCUT2D eigenvalue weighted by atomic mass is 16.6. The summed E-state index contributed by atoms with van der Waals surface area (Å²) in [6.45, 7) is 2.20. The molecule has 0 radical (unpaired) electrons. The molecule has 7 unspecified atom stereocenters. The number of anilines is 1. The summed E-state index contributed by atoms with van der Waals surface area (Å²) in [7, 11) is 4.72. The summed E-state index contributed by atoms with van der Waals surface area (Å²) in [6.07, 6.45) is -0.484. The first-order valence-electron chi connectivity index (χ1n) is 24.9. The number of benzene rings is 7. The van der Waals surface area contributed by atoms with E-state index in [0.29, 0.717) is 51.5 Å². The van der Waals surface area contributed by atoms with Crippen molar-refractivity contribution in [2.24, 2.45) is 5.92 Å². The number of nitrogens with one attached hydrogen (secondary N) is 1. The molecular formula is C62H54N4O9. The van der Waals surface area contributed by atoms with Crippen molar-refractivity contribution in [2.45, 2.75) is 55.6 Å². The molecule has 13 heteroatoms. The number of rotatable bonds is 9. The van der Waals surface area contributed by atoms with Crippen molar-refractivity contribution in [1.29, 1.82) is 0 Å². The average Bonchev–Trinajstić information content (AvgIpc) is 4.01. The van der Waals surface area contributed by atoms with Gasteiger partial charge in [-0.25, -0.2) is 9.69 Å². The number of ether oxygens (including phenoxy) is 4. The molecule has 1 spiro atoms. The van der Waals surface area contributed by atoms with Gasteiger partial charge < -0.3 is 34.3 Å². The van der Waals surface area contributed by atoms with Gasteiger partial charge in [0, 0.05) is 24.2 Å². The summed E-state index contributed by atoms with van der Waals surface area (Å²) in [4.78, 5) is 69.4. The summed E-state index contributed by atoms with van der Waals surface area (Å²) >= 11 is 0. The first-order valence-corrected chi connectivity index (χ1v) is 24.9. The molecule has 13 nitrogen and oxygen atoms in total.